The summed E-state index contributed by atoms with van der Waals surface area (Å²) in [5.41, 5.74) is 2.09. The van der Waals surface area contributed by atoms with Gasteiger partial charge in [-0.2, -0.15) is 0 Å². The third-order valence-corrected chi connectivity index (χ3v) is 4.50. The van der Waals surface area contributed by atoms with Gasteiger partial charge in [-0.3, -0.25) is 4.79 Å². The second-order valence-corrected chi connectivity index (χ2v) is 6.74. The van der Waals surface area contributed by atoms with E-state index in [4.69, 9.17) is 0 Å². The summed E-state index contributed by atoms with van der Waals surface area (Å²) in [6.07, 6.45) is 4.54. The van der Waals surface area contributed by atoms with Crippen LogP contribution in [0.5, 0.6) is 0 Å². The van der Waals surface area contributed by atoms with Gasteiger partial charge in [0.05, 0.1) is 6.04 Å². The predicted octanol–water partition coefficient (Wildman–Crippen LogP) is 2.99. The topological polar surface area (TPSA) is 58.1 Å². The number of rotatable bonds is 6. The average molecular weight is 342 g/mol. The second-order valence-electron chi connectivity index (χ2n) is 6.74. The molecule has 0 saturated carbocycles. The van der Waals surface area contributed by atoms with Gasteiger partial charge < -0.3 is 10.2 Å². The quantitative estimate of drug-likeness (QED) is 0.877. The summed E-state index contributed by atoms with van der Waals surface area (Å²) in [4.78, 5) is 22.5. The van der Waals surface area contributed by atoms with Crippen molar-refractivity contribution in [1.29, 1.82) is 0 Å². The molecule has 25 heavy (non-hydrogen) atoms. The van der Waals surface area contributed by atoms with Gasteiger partial charge in [-0.25, -0.2) is 14.4 Å². The van der Waals surface area contributed by atoms with Crippen molar-refractivity contribution in [3.05, 3.63) is 53.7 Å². The molecule has 5 nitrogen and oxygen atoms in total. The lowest BCUT2D eigenvalue weighted by atomic mass is 10.1. The van der Waals surface area contributed by atoms with Gasteiger partial charge in [0.25, 0.3) is 0 Å². The van der Waals surface area contributed by atoms with Crippen molar-refractivity contribution >= 4 is 11.7 Å². The number of nitrogens with zero attached hydrogens (tertiary/aromatic N) is 3. The van der Waals surface area contributed by atoms with Crippen LogP contribution in [-0.4, -0.2) is 39.9 Å². The fourth-order valence-electron chi connectivity index (χ4n) is 3.08. The number of nitrogens with one attached hydrogen (secondary N) is 1. The molecular formula is C19H23FN4O. The summed E-state index contributed by atoms with van der Waals surface area (Å²) in [7, 11) is 0. The van der Waals surface area contributed by atoms with Crippen molar-refractivity contribution in [1.82, 2.24) is 14.9 Å². The third kappa shape index (κ3) is 4.32. The highest BCUT2D eigenvalue weighted by Crippen LogP contribution is 2.23. The molecule has 0 radical (unpaired) electrons. The Balaban J connectivity index is 1.58. The molecule has 1 N–H and O–H groups in total. The first-order valence-electron chi connectivity index (χ1n) is 8.61. The van der Waals surface area contributed by atoms with E-state index in [1.165, 1.54) is 18.5 Å². The Morgan fingerprint density at radius 2 is 2.08 bits per heavy atom. The largest absolute Gasteiger partial charge is 0.365 e. The van der Waals surface area contributed by atoms with Crippen LogP contribution in [0.3, 0.4) is 0 Å². The van der Waals surface area contributed by atoms with E-state index in [1.807, 2.05) is 11.1 Å². The molecule has 1 atom stereocenters. The standard InChI is InChI=1S/C19H23FN4O/c1-13(2)17-10-21-12-22-19(17)23-16-9-18(25)24(11-16)8-7-14-3-5-15(20)6-4-14/h3-6,10,12-13,16H,7-9,11H2,1-2H3,(H,21,22,23)/t16-/m1/s1. The maximum atomic E-state index is 13.0. The number of benzene rings is 1. The molecule has 0 unspecified atom stereocenters. The van der Waals surface area contributed by atoms with E-state index in [9.17, 15) is 9.18 Å². The molecule has 1 aliphatic heterocycles. The van der Waals surface area contributed by atoms with Crippen molar-refractivity contribution < 1.29 is 9.18 Å². The monoisotopic (exact) mass is 342 g/mol. The van der Waals surface area contributed by atoms with Crippen LogP contribution in [0.4, 0.5) is 10.2 Å². The Hall–Kier alpha value is -2.50. The number of amides is 1. The molecule has 1 fully saturated rings. The van der Waals surface area contributed by atoms with Crippen molar-refractivity contribution in [2.24, 2.45) is 0 Å². The van der Waals surface area contributed by atoms with E-state index in [0.717, 1.165) is 23.4 Å². The highest BCUT2D eigenvalue weighted by Gasteiger charge is 2.29. The number of hydrogen-bond acceptors (Lipinski definition) is 4. The van der Waals surface area contributed by atoms with E-state index in [-0.39, 0.29) is 17.8 Å². The second kappa shape index (κ2) is 7.59. The SMILES string of the molecule is CC(C)c1cncnc1N[C@@H]1CC(=O)N(CCc2ccc(F)cc2)C1. The fraction of sp³-hybridized carbons (Fsp3) is 0.421. The predicted molar refractivity (Wildman–Crippen MR) is 94.8 cm³/mol. The van der Waals surface area contributed by atoms with Gasteiger partial charge in [0.2, 0.25) is 5.91 Å². The van der Waals surface area contributed by atoms with E-state index < -0.39 is 0 Å². The van der Waals surface area contributed by atoms with Crippen LogP contribution in [0.15, 0.2) is 36.8 Å². The van der Waals surface area contributed by atoms with Gasteiger partial charge in [0, 0.05) is 31.3 Å². The smallest absolute Gasteiger partial charge is 0.224 e. The number of carbonyl (C=O) groups excluding carboxylic acids is 1. The minimum absolute atomic E-state index is 0.0492. The van der Waals surface area contributed by atoms with Gasteiger partial charge in [0.1, 0.15) is 18.0 Å². The molecule has 2 heterocycles. The molecule has 0 spiro atoms. The van der Waals surface area contributed by atoms with Crippen molar-refractivity contribution in [2.75, 3.05) is 18.4 Å². The Kier molecular flexibility index (Phi) is 5.26. The van der Waals surface area contributed by atoms with Crippen LogP contribution in [-0.2, 0) is 11.2 Å². The van der Waals surface area contributed by atoms with Crippen molar-refractivity contribution in [2.45, 2.75) is 38.6 Å². The van der Waals surface area contributed by atoms with E-state index >= 15 is 0 Å². The fourth-order valence-corrected chi connectivity index (χ4v) is 3.08. The van der Waals surface area contributed by atoms with Gasteiger partial charge >= 0.3 is 0 Å². The Labute approximate surface area is 147 Å². The number of halogens is 1. The van der Waals surface area contributed by atoms with Crippen LogP contribution in [0.1, 0.15) is 37.3 Å². The first-order valence-corrected chi connectivity index (χ1v) is 8.61. The number of hydrogen-bond donors (Lipinski definition) is 1. The molecule has 3 rings (SSSR count). The molecule has 1 aliphatic rings. The number of anilines is 1. The zero-order valence-corrected chi connectivity index (χ0v) is 14.6. The Morgan fingerprint density at radius 3 is 2.80 bits per heavy atom. The normalized spacial score (nSPS) is 17.4. The Bertz CT molecular complexity index is 732. The molecule has 1 aromatic heterocycles. The molecule has 0 aliphatic carbocycles. The highest BCUT2D eigenvalue weighted by molar-refractivity contribution is 5.80. The number of aromatic nitrogens is 2. The van der Waals surface area contributed by atoms with Crippen LogP contribution >= 0.6 is 0 Å². The summed E-state index contributed by atoms with van der Waals surface area (Å²) in [6, 6.07) is 6.48. The van der Waals surface area contributed by atoms with Crippen molar-refractivity contribution in [3.63, 3.8) is 0 Å². The maximum Gasteiger partial charge on any atom is 0.224 e. The summed E-state index contributed by atoms with van der Waals surface area (Å²) >= 11 is 0. The highest BCUT2D eigenvalue weighted by atomic mass is 19.1. The van der Waals surface area contributed by atoms with E-state index in [0.29, 0.717) is 25.4 Å². The summed E-state index contributed by atoms with van der Waals surface area (Å²) in [5, 5.41) is 3.39. The molecule has 1 amide bonds. The minimum atomic E-state index is -0.240. The van der Waals surface area contributed by atoms with E-state index in [1.54, 1.807) is 12.1 Å². The Morgan fingerprint density at radius 1 is 1.32 bits per heavy atom. The first-order chi connectivity index (χ1) is 12.0. The third-order valence-electron chi connectivity index (χ3n) is 4.50. The van der Waals surface area contributed by atoms with Gasteiger partial charge in [-0.15, -0.1) is 0 Å². The van der Waals surface area contributed by atoms with Crippen LogP contribution in [0.25, 0.3) is 0 Å². The lowest BCUT2D eigenvalue weighted by Crippen LogP contribution is -2.30. The number of carbonyl (C=O) groups is 1. The molecule has 6 heteroatoms. The summed E-state index contributed by atoms with van der Waals surface area (Å²) < 4.78 is 13.0. The molecule has 2 aromatic rings. The van der Waals surface area contributed by atoms with E-state index in [2.05, 4.69) is 29.1 Å². The van der Waals surface area contributed by atoms with Gasteiger partial charge in [-0.05, 0) is 30.0 Å². The zero-order chi connectivity index (χ0) is 17.8. The molecule has 1 saturated heterocycles. The molecule has 0 bridgehead atoms. The summed E-state index contributed by atoms with van der Waals surface area (Å²) in [5.74, 6) is 1.02. The molecule has 132 valence electrons. The van der Waals surface area contributed by atoms with Crippen molar-refractivity contribution in [3.8, 4) is 0 Å². The molecular weight excluding hydrogens is 319 g/mol. The average Bonchev–Trinajstić information content (AvgIpc) is 2.94. The van der Waals surface area contributed by atoms with Crippen LogP contribution in [0.2, 0.25) is 0 Å². The number of likely N-dealkylation sites (tertiary alicyclic amines) is 1. The maximum absolute atomic E-state index is 13.0. The minimum Gasteiger partial charge on any atom is -0.365 e. The summed E-state index contributed by atoms with van der Waals surface area (Å²) in [6.45, 7) is 5.49. The first kappa shape index (κ1) is 17.3. The van der Waals surface area contributed by atoms with Gasteiger partial charge in [0.15, 0.2) is 0 Å². The van der Waals surface area contributed by atoms with Crippen LogP contribution in [0, 0.1) is 5.82 Å². The lowest BCUT2D eigenvalue weighted by molar-refractivity contribution is -0.127. The lowest BCUT2D eigenvalue weighted by Gasteiger charge is -2.19. The zero-order valence-electron chi connectivity index (χ0n) is 14.6. The molecule has 1 aromatic carbocycles. The van der Waals surface area contributed by atoms with Crippen LogP contribution < -0.4 is 5.32 Å². The van der Waals surface area contributed by atoms with Gasteiger partial charge in [-0.1, -0.05) is 26.0 Å².